The molecule has 2 N–H and O–H groups in total. The van der Waals surface area contributed by atoms with Gasteiger partial charge in [0, 0.05) is 45.2 Å². The topological polar surface area (TPSA) is 70.4 Å². The predicted molar refractivity (Wildman–Crippen MR) is 144 cm³/mol. The maximum Gasteiger partial charge on any atom is 0.191 e. The van der Waals surface area contributed by atoms with Crippen molar-refractivity contribution in [3.8, 4) is 0 Å². The van der Waals surface area contributed by atoms with E-state index in [0.717, 1.165) is 68.5 Å². The van der Waals surface area contributed by atoms with Crippen LogP contribution in [0.3, 0.4) is 0 Å². The molecule has 1 fully saturated rings. The Kier molecular flexibility index (Phi) is 14.8. The smallest absolute Gasteiger partial charge is 0.191 e. The quantitative estimate of drug-likeness (QED) is 0.131. The predicted octanol–water partition coefficient (Wildman–Crippen LogP) is 4.03. The Morgan fingerprint density at radius 2 is 2.03 bits per heavy atom. The van der Waals surface area contributed by atoms with Crippen LogP contribution < -0.4 is 10.6 Å². The minimum absolute atomic E-state index is 0. The molecule has 0 radical (unpaired) electrons. The lowest BCUT2D eigenvalue weighted by atomic mass is 10.0. The van der Waals surface area contributed by atoms with Crippen molar-refractivity contribution in [1.82, 2.24) is 30.3 Å². The number of hydrogen-bond acceptors (Lipinski definition) is 5. The van der Waals surface area contributed by atoms with E-state index in [0.29, 0.717) is 5.92 Å². The summed E-state index contributed by atoms with van der Waals surface area (Å²) in [4.78, 5) is 7.42. The highest BCUT2D eigenvalue weighted by molar-refractivity contribution is 14.0. The molecule has 0 aromatic carbocycles. The minimum Gasteiger partial charge on any atom is -0.357 e. The van der Waals surface area contributed by atoms with Crippen molar-refractivity contribution in [2.75, 3.05) is 39.0 Å². The van der Waals surface area contributed by atoms with Gasteiger partial charge in [0.15, 0.2) is 11.1 Å². The molecular weight excluding hydrogens is 521 g/mol. The number of rotatable bonds is 12. The molecule has 1 atom stereocenters. The number of nitrogens with one attached hydrogen (secondary N) is 2. The fraction of sp³-hybridized carbons (Fsp3) is 0.864. The van der Waals surface area contributed by atoms with Gasteiger partial charge in [0.05, 0.1) is 0 Å². The molecule has 0 spiro atoms. The molecule has 0 aliphatic carbocycles. The molecule has 1 aromatic heterocycles. The van der Waals surface area contributed by atoms with Crippen LogP contribution in [0.5, 0.6) is 0 Å². The number of thioether (sulfide) groups is 1. The summed E-state index contributed by atoms with van der Waals surface area (Å²) in [5.41, 5.74) is 0. The third-order valence-electron chi connectivity index (χ3n) is 5.61. The average Bonchev–Trinajstić information content (AvgIpc) is 3.12. The van der Waals surface area contributed by atoms with E-state index in [9.17, 15) is 0 Å². The Balaban J connectivity index is 0.00000480. The molecule has 31 heavy (non-hydrogen) atoms. The van der Waals surface area contributed by atoms with Crippen molar-refractivity contribution in [2.45, 2.75) is 84.0 Å². The van der Waals surface area contributed by atoms with Gasteiger partial charge in [-0.15, -0.1) is 34.2 Å². The van der Waals surface area contributed by atoms with Gasteiger partial charge in [-0.25, -0.2) is 0 Å². The molecule has 2 rings (SSSR count). The standard InChI is InChI=1S/C22H43N7S.HI/c1-6-19-11-8-9-15-28(19)16-14-25-21(23-7-2)24-13-10-12-20-26-27-22(30-5)29(20)17-18(3)4;/h18-19H,6-17H2,1-5H3,(H2,23,24,25);1H. The Hall–Kier alpha value is -0.550. The number of nitrogens with zero attached hydrogens (tertiary/aromatic N) is 5. The average molecular weight is 566 g/mol. The maximum absolute atomic E-state index is 4.78. The number of guanidine groups is 1. The van der Waals surface area contributed by atoms with Crippen LogP contribution >= 0.6 is 35.7 Å². The second kappa shape index (κ2) is 16.1. The molecule has 1 aliphatic rings. The number of piperidine rings is 1. The zero-order chi connectivity index (χ0) is 21.8. The Labute approximate surface area is 211 Å². The van der Waals surface area contributed by atoms with Crippen LogP contribution in [0.4, 0.5) is 0 Å². The van der Waals surface area contributed by atoms with E-state index in [1.54, 1.807) is 11.8 Å². The first kappa shape index (κ1) is 28.5. The summed E-state index contributed by atoms with van der Waals surface area (Å²) in [6.07, 6.45) is 9.29. The fourth-order valence-corrected chi connectivity index (χ4v) is 4.63. The fourth-order valence-electron chi connectivity index (χ4n) is 4.11. The van der Waals surface area contributed by atoms with Gasteiger partial charge in [-0.1, -0.05) is 39.0 Å². The molecule has 9 heteroatoms. The number of aromatic nitrogens is 3. The van der Waals surface area contributed by atoms with Gasteiger partial charge < -0.3 is 15.2 Å². The van der Waals surface area contributed by atoms with Crippen LogP contribution in [0.25, 0.3) is 0 Å². The number of hydrogen-bond donors (Lipinski definition) is 2. The first-order chi connectivity index (χ1) is 14.6. The second-order valence-corrected chi connectivity index (χ2v) is 9.27. The summed E-state index contributed by atoms with van der Waals surface area (Å²) >= 11 is 1.67. The third-order valence-corrected chi connectivity index (χ3v) is 6.28. The largest absolute Gasteiger partial charge is 0.357 e. The number of aliphatic imine (C=N–C) groups is 1. The normalized spacial score (nSPS) is 17.6. The summed E-state index contributed by atoms with van der Waals surface area (Å²) in [5, 5.41) is 16.7. The molecule has 0 bridgehead atoms. The third kappa shape index (κ3) is 9.86. The summed E-state index contributed by atoms with van der Waals surface area (Å²) < 4.78 is 2.27. The van der Waals surface area contributed by atoms with Crippen LogP contribution in [-0.4, -0.2) is 70.6 Å². The van der Waals surface area contributed by atoms with E-state index in [1.165, 1.54) is 32.2 Å². The van der Waals surface area contributed by atoms with Crippen molar-refractivity contribution in [3.05, 3.63) is 5.82 Å². The van der Waals surface area contributed by atoms with Crippen molar-refractivity contribution < 1.29 is 0 Å². The van der Waals surface area contributed by atoms with E-state index in [-0.39, 0.29) is 24.0 Å². The van der Waals surface area contributed by atoms with Crippen LogP contribution in [0.1, 0.15) is 65.6 Å². The highest BCUT2D eigenvalue weighted by atomic mass is 127. The first-order valence-corrected chi connectivity index (χ1v) is 13.0. The molecule has 0 saturated carbocycles. The van der Waals surface area contributed by atoms with Crippen LogP contribution in [0.2, 0.25) is 0 Å². The monoisotopic (exact) mass is 565 g/mol. The summed E-state index contributed by atoms with van der Waals surface area (Å²) in [7, 11) is 0. The molecule has 7 nitrogen and oxygen atoms in total. The van der Waals surface area contributed by atoms with Crippen molar-refractivity contribution in [3.63, 3.8) is 0 Å². The first-order valence-electron chi connectivity index (χ1n) is 11.8. The van der Waals surface area contributed by atoms with E-state index in [1.807, 2.05) is 0 Å². The molecular formula is C22H44IN7S. The molecule has 1 aliphatic heterocycles. The van der Waals surface area contributed by atoms with Gasteiger partial charge >= 0.3 is 0 Å². The molecule has 1 unspecified atom stereocenters. The molecule has 2 heterocycles. The number of halogens is 1. The summed E-state index contributed by atoms with van der Waals surface area (Å²) in [6, 6.07) is 0.759. The number of aryl methyl sites for hydroxylation is 1. The summed E-state index contributed by atoms with van der Waals surface area (Å²) in [6.45, 7) is 14.8. The van der Waals surface area contributed by atoms with Crippen molar-refractivity contribution >= 4 is 41.7 Å². The lowest BCUT2D eigenvalue weighted by Gasteiger charge is -2.35. The van der Waals surface area contributed by atoms with Gasteiger partial charge in [-0.05, 0) is 51.3 Å². The maximum atomic E-state index is 4.78. The van der Waals surface area contributed by atoms with E-state index in [4.69, 9.17) is 4.99 Å². The Morgan fingerprint density at radius 1 is 1.23 bits per heavy atom. The van der Waals surface area contributed by atoms with Crippen LogP contribution in [-0.2, 0) is 13.0 Å². The lowest BCUT2D eigenvalue weighted by Crippen LogP contribution is -2.46. The Bertz CT molecular complexity index is 635. The molecule has 180 valence electrons. The Morgan fingerprint density at radius 3 is 2.71 bits per heavy atom. The summed E-state index contributed by atoms with van der Waals surface area (Å²) in [5.74, 6) is 2.59. The van der Waals surface area contributed by atoms with Gasteiger partial charge in [0.25, 0.3) is 0 Å². The van der Waals surface area contributed by atoms with Gasteiger partial charge in [0.2, 0.25) is 0 Å². The SMILES string of the molecule is CCNC(=NCCCc1nnc(SC)n1CC(C)C)NCCN1CCCCC1CC.I. The van der Waals surface area contributed by atoms with Crippen molar-refractivity contribution in [1.29, 1.82) is 0 Å². The molecule has 1 aromatic rings. The number of likely N-dealkylation sites (tertiary alicyclic amines) is 1. The van der Waals surface area contributed by atoms with Crippen LogP contribution in [0.15, 0.2) is 10.1 Å². The molecule has 1 saturated heterocycles. The van der Waals surface area contributed by atoms with Gasteiger partial charge in [0.1, 0.15) is 5.82 Å². The van der Waals surface area contributed by atoms with E-state index < -0.39 is 0 Å². The molecule has 0 amide bonds. The minimum atomic E-state index is 0. The van der Waals surface area contributed by atoms with Crippen molar-refractivity contribution in [2.24, 2.45) is 10.9 Å². The van der Waals surface area contributed by atoms with E-state index >= 15 is 0 Å². The zero-order valence-corrected chi connectivity index (χ0v) is 23.3. The second-order valence-electron chi connectivity index (χ2n) is 8.49. The highest BCUT2D eigenvalue weighted by Gasteiger charge is 2.20. The zero-order valence-electron chi connectivity index (χ0n) is 20.2. The van der Waals surface area contributed by atoms with Gasteiger partial charge in [-0.2, -0.15) is 0 Å². The lowest BCUT2D eigenvalue weighted by molar-refractivity contribution is 0.147. The van der Waals surface area contributed by atoms with Crippen LogP contribution in [0, 0.1) is 5.92 Å². The van der Waals surface area contributed by atoms with E-state index in [2.05, 4.69) is 64.2 Å². The van der Waals surface area contributed by atoms with Gasteiger partial charge in [-0.3, -0.25) is 9.89 Å². The highest BCUT2D eigenvalue weighted by Crippen LogP contribution is 2.18.